The largest absolute Gasteiger partial charge is 0.477 e. The molecule has 2 aliphatic heterocycles. The van der Waals surface area contributed by atoms with Crippen molar-refractivity contribution in [1.82, 2.24) is 30.2 Å². The van der Waals surface area contributed by atoms with Gasteiger partial charge in [-0.25, -0.2) is 4.79 Å². The van der Waals surface area contributed by atoms with Gasteiger partial charge in [-0.3, -0.25) is 19.2 Å². The van der Waals surface area contributed by atoms with Crippen molar-refractivity contribution in [1.29, 1.82) is 0 Å². The lowest BCUT2D eigenvalue weighted by Gasteiger charge is -2.49. The summed E-state index contributed by atoms with van der Waals surface area (Å²) in [4.78, 5) is 38.1. The average molecular weight is 453 g/mol. The minimum atomic E-state index is -1.15. The fourth-order valence-corrected chi connectivity index (χ4v) is 6.34. The van der Waals surface area contributed by atoms with Crippen LogP contribution in [0.25, 0.3) is 0 Å². The molecule has 2 aromatic heterocycles. The van der Waals surface area contributed by atoms with Crippen molar-refractivity contribution in [2.75, 3.05) is 11.5 Å². The van der Waals surface area contributed by atoms with Crippen molar-refractivity contribution in [3.63, 3.8) is 0 Å². The van der Waals surface area contributed by atoms with Crippen LogP contribution in [0.4, 0.5) is 0 Å². The first-order chi connectivity index (χ1) is 13.8. The summed E-state index contributed by atoms with van der Waals surface area (Å²) in [7, 11) is 1.69. The summed E-state index contributed by atoms with van der Waals surface area (Å²) in [6, 6.07) is -0.762. The third-order valence-corrected chi connectivity index (χ3v) is 7.78. The molecule has 0 bridgehead atoms. The molecule has 4 rings (SSSR count). The van der Waals surface area contributed by atoms with Gasteiger partial charge in [-0.1, -0.05) is 23.1 Å². The Morgan fingerprint density at radius 3 is 2.83 bits per heavy atom. The van der Waals surface area contributed by atoms with E-state index in [-0.39, 0.29) is 5.70 Å². The lowest BCUT2D eigenvalue weighted by atomic mass is 10.0. The molecule has 13 heteroatoms. The summed E-state index contributed by atoms with van der Waals surface area (Å²) in [5.74, 6) is -1.12. The van der Waals surface area contributed by atoms with Crippen LogP contribution in [-0.4, -0.2) is 70.7 Å². The second-order valence-electron chi connectivity index (χ2n) is 6.40. The Morgan fingerprint density at radius 2 is 2.21 bits per heavy atom. The van der Waals surface area contributed by atoms with Crippen molar-refractivity contribution < 1.29 is 19.5 Å². The number of nitrogens with one attached hydrogen (secondary N) is 1. The highest BCUT2D eigenvalue weighted by Crippen LogP contribution is 2.41. The van der Waals surface area contributed by atoms with Crippen molar-refractivity contribution in [2.24, 2.45) is 7.05 Å². The van der Waals surface area contributed by atoms with E-state index >= 15 is 0 Å². The molecule has 1 saturated heterocycles. The zero-order chi connectivity index (χ0) is 20.7. The molecule has 2 aromatic rings. The van der Waals surface area contributed by atoms with E-state index in [1.807, 2.05) is 6.92 Å². The number of fused-ring (bicyclic) bond motifs is 1. The number of hydrogen-bond donors (Lipinski definition) is 2. The number of aliphatic carboxylic acids is 1. The maximum atomic E-state index is 12.7. The normalized spacial score (nSPS) is 21.0. The van der Waals surface area contributed by atoms with Gasteiger partial charge in [0.15, 0.2) is 4.34 Å². The molecular weight excluding hydrogens is 436 g/mol. The van der Waals surface area contributed by atoms with E-state index in [4.69, 9.17) is 0 Å². The number of carbonyl (C=O) groups is 3. The Bertz CT molecular complexity index is 1030. The predicted octanol–water partition coefficient (Wildman–Crippen LogP) is 0.725. The molecule has 0 spiro atoms. The molecule has 2 amide bonds. The van der Waals surface area contributed by atoms with E-state index in [0.717, 1.165) is 9.35 Å². The first-order valence-corrected chi connectivity index (χ1v) is 11.3. The Morgan fingerprint density at radius 1 is 1.41 bits per heavy atom. The van der Waals surface area contributed by atoms with Gasteiger partial charge in [0.25, 0.3) is 11.8 Å². The van der Waals surface area contributed by atoms with Gasteiger partial charge in [-0.2, -0.15) is 5.10 Å². The number of carboxylic acids is 1. The van der Waals surface area contributed by atoms with Gasteiger partial charge >= 0.3 is 5.97 Å². The van der Waals surface area contributed by atoms with Gasteiger partial charge in [0.2, 0.25) is 0 Å². The van der Waals surface area contributed by atoms with Gasteiger partial charge < -0.3 is 10.4 Å². The molecule has 4 heterocycles. The minimum absolute atomic E-state index is 0.000589. The van der Waals surface area contributed by atoms with Crippen LogP contribution >= 0.6 is 34.9 Å². The van der Waals surface area contributed by atoms with E-state index < -0.39 is 29.2 Å². The lowest BCUT2D eigenvalue weighted by molar-refractivity contribution is -0.148. The summed E-state index contributed by atoms with van der Waals surface area (Å²) in [6.45, 7) is 1.85. The molecule has 0 saturated carbocycles. The topological polar surface area (TPSA) is 130 Å². The van der Waals surface area contributed by atoms with E-state index in [0.29, 0.717) is 22.6 Å². The minimum Gasteiger partial charge on any atom is -0.477 e. The third-order valence-electron chi connectivity index (χ3n) is 4.38. The second kappa shape index (κ2) is 7.80. The van der Waals surface area contributed by atoms with Crippen molar-refractivity contribution in [3.05, 3.63) is 34.2 Å². The number of β-lactam (4-membered cyclic amide) rings is 1. The number of hydrogen-bond acceptors (Lipinski definition) is 9. The number of amides is 2. The fourth-order valence-electron chi connectivity index (χ4n) is 3.04. The van der Waals surface area contributed by atoms with E-state index in [1.165, 1.54) is 50.6 Å². The van der Waals surface area contributed by atoms with Crippen LogP contribution in [0.5, 0.6) is 0 Å². The first-order valence-electron chi connectivity index (χ1n) is 8.47. The number of aromatic nitrogens is 4. The second-order valence-corrected chi connectivity index (χ2v) is 9.91. The van der Waals surface area contributed by atoms with Gasteiger partial charge in [-0.05, 0) is 12.5 Å². The third kappa shape index (κ3) is 3.76. The molecule has 0 aromatic carbocycles. The summed E-state index contributed by atoms with van der Waals surface area (Å²) < 4.78 is 2.25. The molecule has 2 atom stereocenters. The Labute approximate surface area is 177 Å². The predicted molar refractivity (Wildman–Crippen MR) is 108 cm³/mol. The summed E-state index contributed by atoms with van der Waals surface area (Å²) in [5, 5.41) is 24.7. The summed E-state index contributed by atoms with van der Waals surface area (Å²) in [5.41, 5.74) is 0.999. The van der Waals surface area contributed by atoms with Crippen LogP contribution < -0.4 is 5.32 Å². The highest BCUT2D eigenvalue weighted by Gasteiger charge is 2.54. The van der Waals surface area contributed by atoms with Crippen LogP contribution in [0.2, 0.25) is 0 Å². The lowest BCUT2D eigenvalue weighted by Crippen LogP contribution is -2.70. The van der Waals surface area contributed by atoms with Gasteiger partial charge in [-0.15, -0.1) is 22.0 Å². The number of rotatable bonds is 6. The van der Waals surface area contributed by atoms with Crippen molar-refractivity contribution >= 4 is 52.6 Å². The van der Waals surface area contributed by atoms with Crippen LogP contribution in [-0.2, 0) is 16.6 Å². The van der Waals surface area contributed by atoms with Crippen LogP contribution in [0, 0.1) is 6.92 Å². The van der Waals surface area contributed by atoms with Crippen molar-refractivity contribution in [3.8, 4) is 0 Å². The summed E-state index contributed by atoms with van der Waals surface area (Å²) in [6.07, 6.45) is 2.97. The maximum absolute atomic E-state index is 12.7. The quantitative estimate of drug-likeness (QED) is 0.481. The molecule has 2 N–H and O–H groups in total. The number of carboxylic acid groups (broad SMARTS) is 1. The molecule has 29 heavy (non-hydrogen) atoms. The monoisotopic (exact) mass is 452 g/mol. The molecule has 1 fully saturated rings. The average Bonchev–Trinajstić information content (AvgIpc) is 3.31. The Balaban J connectivity index is 1.48. The molecule has 0 aliphatic carbocycles. The standard InChI is InChI=1S/C16H16N6O4S3/c1-7-19-20-16(29-7)28-6-9-5-27-14-10(13(24)22(14)11(9)15(25)26)18-12(23)8-3-17-21(2)4-8/h3-4,10,14H,5-6H2,1-2H3,(H,18,23)(H,25,26)/t10-,14+/m0/s1. The molecule has 2 aliphatic rings. The molecule has 0 radical (unpaired) electrons. The van der Waals surface area contributed by atoms with E-state index in [2.05, 4.69) is 20.6 Å². The number of thioether (sulfide) groups is 2. The molecular formula is C16H16N6O4S3. The van der Waals surface area contributed by atoms with Crippen LogP contribution in [0.3, 0.4) is 0 Å². The zero-order valence-electron chi connectivity index (χ0n) is 15.4. The highest BCUT2D eigenvalue weighted by molar-refractivity contribution is 8.01. The summed E-state index contributed by atoms with van der Waals surface area (Å²) >= 11 is 4.28. The fraction of sp³-hybridized carbons (Fsp3) is 0.375. The molecule has 152 valence electrons. The van der Waals surface area contributed by atoms with Crippen LogP contribution in [0.15, 0.2) is 28.0 Å². The number of nitrogens with zero attached hydrogens (tertiary/aromatic N) is 5. The first kappa shape index (κ1) is 19.9. The van der Waals surface area contributed by atoms with Crippen molar-refractivity contribution in [2.45, 2.75) is 22.7 Å². The molecule has 10 nitrogen and oxygen atoms in total. The molecule has 0 unspecified atom stereocenters. The van der Waals surface area contributed by atoms with Gasteiger partial charge in [0.1, 0.15) is 22.1 Å². The maximum Gasteiger partial charge on any atom is 0.352 e. The van der Waals surface area contributed by atoms with Gasteiger partial charge in [0, 0.05) is 24.8 Å². The smallest absolute Gasteiger partial charge is 0.352 e. The SMILES string of the molecule is Cc1nnc(SCC2=C(C(=O)O)N3C(=O)[C@H](NC(=O)c4cnn(C)c4)[C@H]3SC2)s1. The highest BCUT2D eigenvalue weighted by atomic mass is 32.2. The zero-order valence-corrected chi connectivity index (χ0v) is 17.8. The van der Waals surface area contributed by atoms with E-state index in [1.54, 1.807) is 13.2 Å². The van der Waals surface area contributed by atoms with Gasteiger partial charge in [0.05, 0.1) is 11.8 Å². The van der Waals surface area contributed by atoms with Crippen LogP contribution in [0.1, 0.15) is 15.4 Å². The number of aryl methyl sites for hydroxylation is 2. The number of carbonyl (C=O) groups excluding carboxylic acids is 2. The Kier molecular flexibility index (Phi) is 5.36. The Hall–Kier alpha value is -2.38. The van der Waals surface area contributed by atoms with E-state index in [9.17, 15) is 19.5 Å².